The SMILES string of the molecule is CC(C)NC(=O)CC1NCCN(C)C1=O. The molecule has 1 rings (SSSR count). The van der Waals surface area contributed by atoms with E-state index in [9.17, 15) is 9.59 Å². The van der Waals surface area contributed by atoms with Crippen molar-refractivity contribution < 1.29 is 9.59 Å². The second kappa shape index (κ2) is 5.11. The maximum Gasteiger partial charge on any atom is 0.240 e. The highest BCUT2D eigenvalue weighted by molar-refractivity contribution is 5.88. The number of carbonyl (C=O) groups is 2. The molecule has 2 N–H and O–H groups in total. The number of likely N-dealkylation sites (N-methyl/N-ethyl adjacent to an activating group) is 1. The minimum absolute atomic E-state index is 0.000145. The topological polar surface area (TPSA) is 61.4 Å². The van der Waals surface area contributed by atoms with Crippen LogP contribution < -0.4 is 10.6 Å². The van der Waals surface area contributed by atoms with Gasteiger partial charge in [-0.05, 0) is 13.8 Å². The number of hydrogen-bond acceptors (Lipinski definition) is 3. The van der Waals surface area contributed by atoms with E-state index < -0.39 is 0 Å². The zero-order valence-electron chi connectivity index (χ0n) is 9.54. The Bertz CT molecular complexity index is 253. The lowest BCUT2D eigenvalue weighted by Gasteiger charge is -2.30. The van der Waals surface area contributed by atoms with E-state index in [1.165, 1.54) is 0 Å². The van der Waals surface area contributed by atoms with E-state index in [0.29, 0.717) is 6.54 Å². The number of nitrogens with zero attached hydrogens (tertiary/aromatic N) is 1. The standard InChI is InChI=1S/C10H19N3O2/c1-7(2)12-9(14)6-8-10(15)13(3)5-4-11-8/h7-8,11H,4-6H2,1-3H3,(H,12,14). The lowest BCUT2D eigenvalue weighted by Crippen LogP contribution is -2.55. The molecule has 1 unspecified atom stereocenters. The van der Waals surface area contributed by atoms with Gasteiger partial charge in [-0.15, -0.1) is 0 Å². The number of rotatable bonds is 3. The summed E-state index contributed by atoms with van der Waals surface area (Å²) < 4.78 is 0. The lowest BCUT2D eigenvalue weighted by atomic mass is 10.1. The van der Waals surface area contributed by atoms with Gasteiger partial charge in [0.15, 0.2) is 0 Å². The van der Waals surface area contributed by atoms with Crippen LogP contribution in [0.15, 0.2) is 0 Å². The fourth-order valence-corrected chi connectivity index (χ4v) is 1.60. The van der Waals surface area contributed by atoms with Crippen molar-refractivity contribution in [2.75, 3.05) is 20.1 Å². The maximum absolute atomic E-state index is 11.6. The first-order valence-electron chi connectivity index (χ1n) is 5.28. The van der Waals surface area contributed by atoms with Crippen LogP contribution in [-0.4, -0.2) is 48.9 Å². The van der Waals surface area contributed by atoms with Crippen LogP contribution in [0.3, 0.4) is 0 Å². The van der Waals surface area contributed by atoms with Gasteiger partial charge in [0.1, 0.15) is 0 Å². The van der Waals surface area contributed by atoms with Crippen molar-refractivity contribution in [2.45, 2.75) is 32.4 Å². The molecule has 1 saturated heterocycles. The summed E-state index contributed by atoms with van der Waals surface area (Å²) in [4.78, 5) is 24.7. The van der Waals surface area contributed by atoms with E-state index >= 15 is 0 Å². The predicted octanol–water partition coefficient (Wildman–Crippen LogP) is -0.669. The van der Waals surface area contributed by atoms with Gasteiger partial charge in [-0.2, -0.15) is 0 Å². The van der Waals surface area contributed by atoms with Gasteiger partial charge in [-0.25, -0.2) is 0 Å². The van der Waals surface area contributed by atoms with Gasteiger partial charge in [0.2, 0.25) is 11.8 Å². The predicted molar refractivity (Wildman–Crippen MR) is 57.3 cm³/mol. The fourth-order valence-electron chi connectivity index (χ4n) is 1.60. The normalized spacial score (nSPS) is 22.0. The molecule has 0 aromatic carbocycles. The van der Waals surface area contributed by atoms with E-state index in [4.69, 9.17) is 0 Å². The highest BCUT2D eigenvalue weighted by Crippen LogP contribution is 2.02. The first-order chi connectivity index (χ1) is 7.00. The molecule has 5 nitrogen and oxygen atoms in total. The fraction of sp³-hybridized carbons (Fsp3) is 0.800. The summed E-state index contributed by atoms with van der Waals surface area (Å²) in [5.74, 6) is -0.0775. The van der Waals surface area contributed by atoms with Crippen molar-refractivity contribution in [1.29, 1.82) is 0 Å². The van der Waals surface area contributed by atoms with Gasteiger partial charge < -0.3 is 15.5 Å². The van der Waals surface area contributed by atoms with E-state index in [1.807, 2.05) is 13.8 Å². The highest BCUT2D eigenvalue weighted by Gasteiger charge is 2.27. The Morgan fingerprint density at radius 2 is 2.33 bits per heavy atom. The molecule has 0 aromatic heterocycles. The molecule has 1 heterocycles. The minimum atomic E-state index is -0.359. The number of nitrogens with one attached hydrogen (secondary N) is 2. The van der Waals surface area contributed by atoms with E-state index in [0.717, 1.165) is 6.54 Å². The number of hydrogen-bond donors (Lipinski definition) is 2. The third-order valence-electron chi connectivity index (χ3n) is 2.35. The Balaban J connectivity index is 2.43. The maximum atomic E-state index is 11.6. The monoisotopic (exact) mass is 213 g/mol. The summed E-state index contributed by atoms with van der Waals surface area (Å²) >= 11 is 0. The zero-order chi connectivity index (χ0) is 11.4. The van der Waals surface area contributed by atoms with Crippen LogP contribution in [0, 0.1) is 0 Å². The van der Waals surface area contributed by atoms with Crippen LogP contribution in [0.4, 0.5) is 0 Å². The summed E-state index contributed by atoms with van der Waals surface area (Å²) in [6, 6.07) is -0.239. The Morgan fingerprint density at radius 1 is 1.67 bits per heavy atom. The van der Waals surface area contributed by atoms with Crippen LogP contribution in [0.25, 0.3) is 0 Å². The van der Waals surface area contributed by atoms with Gasteiger partial charge in [0.05, 0.1) is 12.5 Å². The number of carbonyl (C=O) groups excluding carboxylic acids is 2. The molecule has 1 fully saturated rings. The van der Waals surface area contributed by atoms with Crippen LogP contribution in [0.2, 0.25) is 0 Å². The summed E-state index contributed by atoms with van der Waals surface area (Å²) in [6.07, 6.45) is 0.224. The molecule has 0 spiro atoms. The molecule has 0 bridgehead atoms. The second-order valence-electron chi connectivity index (χ2n) is 4.19. The van der Waals surface area contributed by atoms with E-state index in [1.54, 1.807) is 11.9 Å². The van der Waals surface area contributed by atoms with Gasteiger partial charge in [0.25, 0.3) is 0 Å². The molecule has 1 aliphatic rings. The third kappa shape index (κ3) is 3.51. The van der Waals surface area contributed by atoms with Crippen LogP contribution in [0.5, 0.6) is 0 Å². The average Bonchev–Trinajstić information content (AvgIpc) is 2.11. The molecule has 1 aliphatic heterocycles. The number of amides is 2. The molecule has 15 heavy (non-hydrogen) atoms. The van der Waals surface area contributed by atoms with Crippen LogP contribution in [-0.2, 0) is 9.59 Å². The highest BCUT2D eigenvalue weighted by atomic mass is 16.2. The molecular formula is C10H19N3O2. The molecule has 5 heteroatoms. The van der Waals surface area contributed by atoms with Gasteiger partial charge in [-0.3, -0.25) is 9.59 Å². The summed E-state index contributed by atoms with van der Waals surface area (Å²) in [5, 5.41) is 5.83. The van der Waals surface area contributed by atoms with Crippen molar-refractivity contribution in [3.8, 4) is 0 Å². The molecule has 1 atom stereocenters. The summed E-state index contributed by atoms with van der Waals surface area (Å²) in [6.45, 7) is 5.27. The first-order valence-corrected chi connectivity index (χ1v) is 5.28. The number of piperazine rings is 1. The summed E-state index contributed by atoms with van der Waals surface area (Å²) in [7, 11) is 1.76. The first kappa shape index (κ1) is 12.0. The van der Waals surface area contributed by atoms with Gasteiger partial charge in [-0.1, -0.05) is 0 Å². The molecule has 0 saturated carbocycles. The van der Waals surface area contributed by atoms with E-state index in [-0.39, 0.29) is 30.3 Å². The Kier molecular flexibility index (Phi) is 4.08. The second-order valence-corrected chi connectivity index (χ2v) is 4.19. The molecule has 86 valence electrons. The molecule has 0 radical (unpaired) electrons. The van der Waals surface area contributed by atoms with Crippen molar-refractivity contribution in [2.24, 2.45) is 0 Å². The van der Waals surface area contributed by atoms with Crippen molar-refractivity contribution >= 4 is 11.8 Å². The molecule has 2 amide bonds. The van der Waals surface area contributed by atoms with E-state index in [2.05, 4.69) is 10.6 Å². The summed E-state index contributed by atoms with van der Waals surface area (Å²) in [5.41, 5.74) is 0. The van der Waals surface area contributed by atoms with Gasteiger partial charge >= 0.3 is 0 Å². The molecule has 0 aliphatic carbocycles. The smallest absolute Gasteiger partial charge is 0.240 e. The molecule has 0 aromatic rings. The quantitative estimate of drug-likeness (QED) is 0.653. The largest absolute Gasteiger partial charge is 0.354 e. The Labute approximate surface area is 90.2 Å². The van der Waals surface area contributed by atoms with Crippen LogP contribution in [0.1, 0.15) is 20.3 Å². The van der Waals surface area contributed by atoms with Crippen molar-refractivity contribution in [3.05, 3.63) is 0 Å². The van der Waals surface area contributed by atoms with Crippen molar-refractivity contribution in [1.82, 2.24) is 15.5 Å². The lowest BCUT2D eigenvalue weighted by molar-refractivity contribution is -0.137. The Hall–Kier alpha value is -1.10. The third-order valence-corrected chi connectivity index (χ3v) is 2.35. The van der Waals surface area contributed by atoms with Crippen molar-refractivity contribution in [3.63, 3.8) is 0 Å². The van der Waals surface area contributed by atoms with Gasteiger partial charge in [0, 0.05) is 26.2 Å². The van der Waals surface area contributed by atoms with Crippen LogP contribution >= 0.6 is 0 Å². The minimum Gasteiger partial charge on any atom is -0.354 e. The Morgan fingerprint density at radius 3 is 2.93 bits per heavy atom. The average molecular weight is 213 g/mol. The zero-order valence-corrected chi connectivity index (χ0v) is 9.54. The molecular weight excluding hydrogens is 194 g/mol.